The number of aryl methyl sites for hydroxylation is 1. The lowest BCUT2D eigenvalue weighted by molar-refractivity contribution is 0.101. The van der Waals surface area contributed by atoms with Gasteiger partial charge in [-0.3, -0.25) is 9.48 Å². The third kappa shape index (κ3) is 3.13. The fraction of sp³-hybridized carbons (Fsp3) is 0.286. The van der Waals surface area contributed by atoms with Crippen LogP contribution in [0.3, 0.4) is 0 Å². The standard InChI is InChI=1S/C14H16N2O3/c1-10(17)13-5-4-12(18-3)6-14(13)19-9-11-7-15-16(2)8-11/h4-8H,9H2,1-3H3. The number of Topliss-reactive ketones (excluding diaryl/α,β-unsaturated/α-hetero) is 1. The van der Waals surface area contributed by atoms with Crippen LogP contribution in [0.1, 0.15) is 22.8 Å². The van der Waals surface area contributed by atoms with Gasteiger partial charge < -0.3 is 9.47 Å². The predicted molar refractivity (Wildman–Crippen MR) is 70.5 cm³/mol. The number of carbonyl (C=O) groups excluding carboxylic acids is 1. The fourth-order valence-corrected chi connectivity index (χ4v) is 1.75. The summed E-state index contributed by atoms with van der Waals surface area (Å²) in [5.41, 5.74) is 1.49. The van der Waals surface area contributed by atoms with Crippen molar-refractivity contribution in [2.75, 3.05) is 7.11 Å². The third-order valence-electron chi connectivity index (χ3n) is 2.72. The summed E-state index contributed by atoms with van der Waals surface area (Å²) in [5, 5.41) is 4.07. The first-order valence-corrected chi connectivity index (χ1v) is 5.89. The smallest absolute Gasteiger partial charge is 0.163 e. The van der Waals surface area contributed by atoms with E-state index in [1.54, 1.807) is 36.2 Å². The summed E-state index contributed by atoms with van der Waals surface area (Å²) in [6.45, 7) is 1.88. The van der Waals surface area contributed by atoms with E-state index >= 15 is 0 Å². The normalized spacial score (nSPS) is 10.3. The van der Waals surface area contributed by atoms with Crippen LogP contribution in [0, 0.1) is 0 Å². The fourth-order valence-electron chi connectivity index (χ4n) is 1.75. The summed E-state index contributed by atoms with van der Waals surface area (Å²) in [5.74, 6) is 1.14. The monoisotopic (exact) mass is 260 g/mol. The molecule has 1 aromatic carbocycles. The van der Waals surface area contributed by atoms with Crippen molar-refractivity contribution in [1.29, 1.82) is 0 Å². The van der Waals surface area contributed by atoms with Crippen LogP contribution in [0.4, 0.5) is 0 Å². The molecule has 5 heteroatoms. The van der Waals surface area contributed by atoms with Crippen LogP contribution in [0.2, 0.25) is 0 Å². The Bertz CT molecular complexity index is 590. The molecule has 0 saturated heterocycles. The van der Waals surface area contributed by atoms with Crippen molar-refractivity contribution in [3.8, 4) is 11.5 Å². The highest BCUT2D eigenvalue weighted by molar-refractivity contribution is 5.97. The number of ether oxygens (including phenoxy) is 2. The number of methoxy groups -OCH3 is 1. The SMILES string of the molecule is COc1ccc(C(C)=O)c(OCc2cnn(C)c2)c1. The Morgan fingerprint density at radius 2 is 2.21 bits per heavy atom. The topological polar surface area (TPSA) is 53.4 Å². The average Bonchev–Trinajstić information content (AvgIpc) is 2.81. The maximum atomic E-state index is 11.5. The van der Waals surface area contributed by atoms with E-state index < -0.39 is 0 Å². The van der Waals surface area contributed by atoms with E-state index in [0.717, 1.165) is 5.56 Å². The molecule has 0 bridgehead atoms. The zero-order chi connectivity index (χ0) is 13.8. The second-order valence-corrected chi connectivity index (χ2v) is 4.23. The second-order valence-electron chi connectivity index (χ2n) is 4.23. The molecule has 1 heterocycles. The summed E-state index contributed by atoms with van der Waals surface area (Å²) in [6.07, 6.45) is 3.60. The van der Waals surface area contributed by atoms with E-state index in [1.165, 1.54) is 6.92 Å². The minimum Gasteiger partial charge on any atom is -0.497 e. The molecule has 0 aliphatic heterocycles. The van der Waals surface area contributed by atoms with Crippen molar-refractivity contribution in [1.82, 2.24) is 9.78 Å². The van der Waals surface area contributed by atoms with Crippen molar-refractivity contribution >= 4 is 5.78 Å². The van der Waals surface area contributed by atoms with Crippen LogP contribution in [-0.4, -0.2) is 22.7 Å². The first-order valence-electron chi connectivity index (χ1n) is 5.89. The van der Waals surface area contributed by atoms with Gasteiger partial charge in [0.15, 0.2) is 5.78 Å². The van der Waals surface area contributed by atoms with Gasteiger partial charge >= 0.3 is 0 Å². The highest BCUT2D eigenvalue weighted by Crippen LogP contribution is 2.26. The molecule has 0 spiro atoms. The number of nitrogens with zero attached hydrogens (tertiary/aromatic N) is 2. The number of ketones is 1. The molecular formula is C14H16N2O3. The molecule has 2 rings (SSSR count). The first kappa shape index (κ1) is 13.1. The molecule has 0 unspecified atom stereocenters. The van der Waals surface area contributed by atoms with E-state index in [-0.39, 0.29) is 5.78 Å². The van der Waals surface area contributed by atoms with Gasteiger partial charge in [0.25, 0.3) is 0 Å². The summed E-state index contributed by atoms with van der Waals surface area (Å²) < 4.78 is 12.5. The van der Waals surface area contributed by atoms with Gasteiger partial charge in [0.2, 0.25) is 0 Å². The van der Waals surface area contributed by atoms with Crippen molar-refractivity contribution < 1.29 is 14.3 Å². The Kier molecular flexibility index (Phi) is 3.85. The quantitative estimate of drug-likeness (QED) is 0.773. The minimum absolute atomic E-state index is 0.0381. The van der Waals surface area contributed by atoms with E-state index in [2.05, 4.69) is 5.10 Å². The summed E-state index contributed by atoms with van der Waals surface area (Å²) in [6, 6.07) is 5.17. The number of aromatic nitrogens is 2. The number of benzene rings is 1. The van der Waals surface area contributed by atoms with E-state index in [9.17, 15) is 4.79 Å². The van der Waals surface area contributed by atoms with Crippen LogP contribution >= 0.6 is 0 Å². The molecule has 100 valence electrons. The van der Waals surface area contributed by atoms with Crippen LogP contribution in [0.25, 0.3) is 0 Å². The van der Waals surface area contributed by atoms with Gasteiger partial charge in [-0.15, -0.1) is 0 Å². The molecule has 1 aromatic heterocycles. The van der Waals surface area contributed by atoms with E-state index in [1.807, 2.05) is 13.2 Å². The molecular weight excluding hydrogens is 244 g/mol. The molecule has 0 saturated carbocycles. The lowest BCUT2D eigenvalue weighted by atomic mass is 10.1. The molecule has 0 aliphatic carbocycles. The zero-order valence-corrected chi connectivity index (χ0v) is 11.2. The van der Waals surface area contributed by atoms with Crippen LogP contribution in [0.5, 0.6) is 11.5 Å². The molecule has 0 radical (unpaired) electrons. The van der Waals surface area contributed by atoms with Gasteiger partial charge in [0.1, 0.15) is 18.1 Å². The molecule has 2 aromatic rings. The van der Waals surface area contributed by atoms with Crippen molar-refractivity contribution in [3.05, 3.63) is 41.7 Å². The van der Waals surface area contributed by atoms with Crippen molar-refractivity contribution in [3.63, 3.8) is 0 Å². The number of hydrogen-bond acceptors (Lipinski definition) is 4. The maximum absolute atomic E-state index is 11.5. The number of carbonyl (C=O) groups is 1. The van der Waals surface area contributed by atoms with E-state index in [4.69, 9.17) is 9.47 Å². The highest BCUT2D eigenvalue weighted by Gasteiger charge is 2.10. The molecule has 5 nitrogen and oxygen atoms in total. The summed E-state index contributed by atoms with van der Waals surface area (Å²) >= 11 is 0. The minimum atomic E-state index is -0.0381. The highest BCUT2D eigenvalue weighted by atomic mass is 16.5. The lowest BCUT2D eigenvalue weighted by Gasteiger charge is -2.10. The van der Waals surface area contributed by atoms with Gasteiger partial charge in [0, 0.05) is 24.9 Å². The van der Waals surface area contributed by atoms with Crippen LogP contribution in [0.15, 0.2) is 30.6 Å². The Morgan fingerprint density at radius 1 is 1.42 bits per heavy atom. The Hall–Kier alpha value is -2.30. The zero-order valence-electron chi connectivity index (χ0n) is 11.2. The average molecular weight is 260 g/mol. The van der Waals surface area contributed by atoms with Gasteiger partial charge in [-0.2, -0.15) is 5.10 Å². The summed E-state index contributed by atoms with van der Waals surface area (Å²) in [4.78, 5) is 11.5. The molecule has 0 atom stereocenters. The first-order chi connectivity index (χ1) is 9.10. The molecule has 19 heavy (non-hydrogen) atoms. The van der Waals surface area contributed by atoms with E-state index in [0.29, 0.717) is 23.7 Å². The molecule has 0 N–H and O–H groups in total. The van der Waals surface area contributed by atoms with Gasteiger partial charge in [0.05, 0.1) is 18.9 Å². The van der Waals surface area contributed by atoms with Gasteiger partial charge in [-0.05, 0) is 19.1 Å². The van der Waals surface area contributed by atoms with Gasteiger partial charge in [-0.1, -0.05) is 0 Å². The molecule has 0 aliphatic rings. The lowest BCUT2D eigenvalue weighted by Crippen LogP contribution is -2.01. The largest absolute Gasteiger partial charge is 0.497 e. The van der Waals surface area contributed by atoms with Crippen molar-refractivity contribution in [2.45, 2.75) is 13.5 Å². The maximum Gasteiger partial charge on any atom is 0.163 e. The Balaban J connectivity index is 2.19. The Labute approximate surface area is 111 Å². The number of hydrogen-bond donors (Lipinski definition) is 0. The molecule has 0 fully saturated rings. The van der Waals surface area contributed by atoms with Crippen molar-refractivity contribution in [2.24, 2.45) is 7.05 Å². The third-order valence-corrected chi connectivity index (χ3v) is 2.72. The van der Waals surface area contributed by atoms with Gasteiger partial charge in [-0.25, -0.2) is 0 Å². The Morgan fingerprint density at radius 3 is 2.79 bits per heavy atom. The summed E-state index contributed by atoms with van der Waals surface area (Å²) in [7, 11) is 3.42. The van der Waals surface area contributed by atoms with Crippen LogP contribution < -0.4 is 9.47 Å². The predicted octanol–water partition coefficient (Wildman–Crippen LogP) is 2.21. The number of rotatable bonds is 5. The second kappa shape index (κ2) is 5.56. The molecule has 0 amide bonds. The van der Waals surface area contributed by atoms with Crippen LogP contribution in [-0.2, 0) is 13.7 Å².